The molecule has 5 heteroatoms. The van der Waals surface area contributed by atoms with E-state index in [2.05, 4.69) is 24.3 Å². The average molecular weight is 279 g/mol. The van der Waals surface area contributed by atoms with Gasteiger partial charge in [-0.3, -0.25) is 9.48 Å². The Balaban J connectivity index is 2.10. The number of nitrogens with one attached hydrogen (secondary N) is 1. The lowest BCUT2D eigenvalue weighted by molar-refractivity contribution is 0.0856. The van der Waals surface area contributed by atoms with Gasteiger partial charge in [0.1, 0.15) is 0 Å². The first-order valence-corrected chi connectivity index (χ1v) is 7.61. The number of aryl methyl sites for hydroxylation is 2. The van der Waals surface area contributed by atoms with Crippen molar-refractivity contribution in [3.8, 4) is 0 Å². The van der Waals surface area contributed by atoms with Crippen molar-refractivity contribution in [2.75, 3.05) is 13.2 Å². The molecule has 0 bridgehead atoms. The zero-order valence-corrected chi connectivity index (χ0v) is 12.7. The number of hydrogen-bond donors (Lipinski definition) is 1. The number of ether oxygens (including phenoxy) is 1. The summed E-state index contributed by atoms with van der Waals surface area (Å²) in [6, 6.07) is 0. The molecule has 20 heavy (non-hydrogen) atoms. The Morgan fingerprint density at radius 1 is 1.50 bits per heavy atom. The molecule has 112 valence electrons. The molecule has 1 aliphatic heterocycles. The minimum absolute atomic E-state index is 0.00565. The van der Waals surface area contributed by atoms with Crippen LogP contribution in [0.3, 0.4) is 0 Å². The van der Waals surface area contributed by atoms with Gasteiger partial charge in [0.15, 0.2) is 0 Å². The molecule has 1 N–H and O–H groups in total. The maximum Gasteiger partial charge on any atom is 0.255 e. The predicted octanol–water partition coefficient (Wildman–Crippen LogP) is 1.84. The number of carbonyl (C=O) groups is 1. The minimum atomic E-state index is -0.00565. The van der Waals surface area contributed by atoms with Gasteiger partial charge >= 0.3 is 0 Å². The van der Waals surface area contributed by atoms with Gasteiger partial charge in [-0.25, -0.2) is 0 Å². The van der Waals surface area contributed by atoms with Gasteiger partial charge in [0, 0.05) is 20.2 Å². The Bertz CT molecular complexity index is 462. The van der Waals surface area contributed by atoms with Crippen LogP contribution in [0.1, 0.15) is 54.9 Å². The number of aromatic nitrogens is 2. The smallest absolute Gasteiger partial charge is 0.255 e. The average Bonchev–Trinajstić information content (AvgIpc) is 3.04. The topological polar surface area (TPSA) is 56.2 Å². The zero-order chi connectivity index (χ0) is 14.5. The van der Waals surface area contributed by atoms with E-state index in [4.69, 9.17) is 4.74 Å². The van der Waals surface area contributed by atoms with Crippen LogP contribution >= 0.6 is 0 Å². The van der Waals surface area contributed by atoms with E-state index in [1.807, 2.05) is 11.7 Å². The molecular weight excluding hydrogens is 254 g/mol. The molecule has 0 aromatic carbocycles. The van der Waals surface area contributed by atoms with E-state index in [1.54, 1.807) is 0 Å². The lowest BCUT2D eigenvalue weighted by Gasteiger charge is -2.11. The highest BCUT2D eigenvalue weighted by Crippen LogP contribution is 2.17. The van der Waals surface area contributed by atoms with Crippen LogP contribution in [0.5, 0.6) is 0 Å². The molecule has 1 saturated heterocycles. The maximum absolute atomic E-state index is 12.5. The standard InChI is InChI=1S/C15H25N3O2/c1-4-7-12-14(13(5-2)18(3)17-12)15(19)16-10-11-8-6-9-20-11/h11H,4-10H2,1-3H3,(H,16,19)/t11-/m0/s1. The molecule has 1 atom stereocenters. The summed E-state index contributed by atoms with van der Waals surface area (Å²) in [4.78, 5) is 12.5. The first-order chi connectivity index (χ1) is 9.67. The molecule has 0 aliphatic carbocycles. The summed E-state index contributed by atoms with van der Waals surface area (Å²) in [5.74, 6) is -0.00565. The van der Waals surface area contributed by atoms with Gasteiger partial charge in [0.25, 0.3) is 5.91 Å². The molecule has 2 heterocycles. The van der Waals surface area contributed by atoms with E-state index in [1.165, 1.54) is 0 Å². The second kappa shape index (κ2) is 6.88. The first-order valence-electron chi connectivity index (χ1n) is 7.61. The normalized spacial score (nSPS) is 18.4. The molecule has 0 spiro atoms. The van der Waals surface area contributed by atoms with Crippen LogP contribution in [-0.4, -0.2) is 34.9 Å². The fraction of sp³-hybridized carbons (Fsp3) is 0.733. The Hall–Kier alpha value is -1.36. The summed E-state index contributed by atoms with van der Waals surface area (Å²) in [6.45, 7) is 5.58. The van der Waals surface area contributed by atoms with Gasteiger partial charge in [-0.05, 0) is 25.7 Å². The number of hydrogen-bond acceptors (Lipinski definition) is 3. The van der Waals surface area contributed by atoms with E-state index in [-0.39, 0.29) is 12.0 Å². The Morgan fingerprint density at radius 3 is 2.90 bits per heavy atom. The highest BCUT2D eigenvalue weighted by molar-refractivity contribution is 5.96. The fourth-order valence-corrected chi connectivity index (χ4v) is 2.80. The van der Waals surface area contributed by atoms with Gasteiger partial charge < -0.3 is 10.1 Å². The second-order valence-corrected chi connectivity index (χ2v) is 5.34. The van der Waals surface area contributed by atoms with E-state index in [9.17, 15) is 4.79 Å². The van der Waals surface area contributed by atoms with Crippen molar-refractivity contribution in [1.82, 2.24) is 15.1 Å². The summed E-state index contributed by atoms with van der Waals surface area (Å²) in [5, 5.41) is 7.51. The third kappa shape index (κ3) is 3.20. The molecule has 2 rings (SSSR count). The van der Waals surface area contributed by atoms with Gasteiger partial charge in [-0.1, -0.05) is 20.3 Å². The molecule has 0 radical (unpaired) electrons. The quantitative estimate of drug-likeness (QED) is 0.864. The van der Waals surface area contributed by atoms with E-state index >= 15 is 0 Å². The summed E-state index contributed by atoms with van der Waals surface area (Å²) in [5.41, 5.74) is 2.70. The monoisotopic (exact) mass is 279 g/mol. The fourth-order valence-electron chi connectivity index (χ4n) is 2.80. The second-order valence-electron chi connectivity index (χ2n) is 5.34. The highest BCUT2D eigenvalue weighted by Gasteiger charge is 2.22. The van der Waals surface area contributed by atoms with Crippen molar-refractivity contribution >= 4 is 5.91 Å². The van der Waals surface area contributed by atoms with Crippen LogP contribution in [0.25, 0.3) is 0 Å². The molecule has 1 fully saturated rings. The van der Waals surface area contributed by atoms with Crippen molar-refractivity contribution in [2.24, 2.45) is 7.05 Å². The van der Waals surface area contributed by atoms with Gasteiger partial charge in [0.05, 0.1) is 23.1 Å². The lowest BCUT2D eigenvalue weighted by Crippen LogP contribution is -2.32. The molecule has 5 nitrogen and oxygen atoms in total. The number of rotatable bonds is 6. The minimum Gasteiger partial charge on any atom is -0.376 e. The third-order valence-corrected chi connectivity index (χ3v) is 3.80. The molecular formula is C15H25N3O2. The number of carbonyl (C=O) groups excluding carboxylic acids is 1. The summed E-state index contributed by atoms with van der Waals surface area (Å²) >= 11 is 0. The van der Waals surface area contributed by atoms with Gasteiger partial charge in [-0.15, -0.1) is 0 Å². The van der Waals surface area contributed by atoms with Crippen molar-refractivity contribution in [3.05, 3.63) is 17.0 Å². The first kappa shape index (κ1) is 15.0. The zero-order valence-electron chi connectivity index (χ0n) is 12.7. The van der Waals surface area contributed by atoms with Crippen molar-refractivity contribution in [2.45, 2.75) is 52.1 Å². The highest BCUT2D eigenvalue weighted by atomic mass is 16.5. The maximum atomic E-state index is 12.5. The van der Waals surface area contributed by atoms with Crippen LogP contribution in [0, 0.1) is 0 Å². The predicted molar refractivity (Wildman–Crippen MR) is 77.9 cm³/mol. The number of amides is 1. The number of nitrogens with zero attached hydrogens (tertiary/aromatic N) is 2. The molecule has 1 aromatic rings. The third-order valence-electron chi connectivity index (χ3n) is 3.80. The molecule has 1 amide bonds. The largest absolute Gasteiger partial charge is 0.376 e. The van der Waals surface area contributed by atoms with E-state index in [0.29, 0.717) is 6.54 Å². The molecule has 0 saturated carbocycles. The van der Waals surface area contributed by atoms with Gasteiger partial charge in [-0.2, -0.15) is 5.10 Å². The van der Waals surface area contributed by atoms with Crippen LogP contribution in [0.2, 0.25) is 0 Å². The van der Waals surface area contributed by atoms with E-state index in [0.717, 1.165) is 55.7 Å². The van der Waals surface area contributed by atoms with Gasteiger partial charge in [0.2, 0.25) is 0 Å². The summed E-state index contributed by atoms with van der Waals surface area (Å²) < 4.78 is 7.38. The Labute approximate surface area is 120 Å². The van der Waals surface area contributed by atoms with Crippen LogP contribution < -0.4 is 5.32 Å². The van der Waals surface area contributed by atoms with Crippen molar-refractivity contribution in [1.29, 1.82) is 0 Å². The molecule has 1 aliphatic rings. The summed E-state index contributed by atoms with van der Waals surface area (Å²) in [7, 11) is 1.91. The Kier molecular flexibility index (Phi) is 5.17. The van der Waals surface area contributed by atoms with Crippen LogP contribution in [0.4, 0.5) is 0 Å². The molecule has 0 unspecified atom stereocenters. The van der Waals surface area contributed by atoms with E-state index < -0.39 is 0 Å². The van der Waals surface area contributed by atoms with Crippen molar-refractivity contribution in [3.63, 3.8) is 0 Å². The van der Waals surface area contributed by atoms with Crippen LogP contribution in [0.15, 0.2) is 0 Å². The lowest BCUT2D eigenvalue weighted by atomic mass is 10.1. The SMILES string of the molecule is CCCc1nn(C)c(CC)c1C(=O)NC[C@@H]1CCCO1. The summed E-state index contributed by atoms with van der Waals surface area (Å²) in [6.07, 6.45) is 4.96. The van der Waals surface area contributed by atoms with Crippen LogP contribution in [-0.2, 0) is 24.6 Å². The van der Waals surface area contributed by atoms with Crippen molar-refractivity contribution < 1.29 is 9.53 Å². The molecule has 1 aromatic heterocycles. The Morgan fingerprint density at radius 2 is 2.30 bits per heavy atom.